The van der Waals surface area contributed by atoms with Crippen LogP contribution in [0, 0.1) is 5.41 Å². The number of aromatic nitrogens is 4. The van der Waals surface area contributed by atoms with Crippen molar-refractivity contribution < 1.29 is 85.6 Å². The van der Waals surface area contributed by atoms with Crippen molar-refractivity contribution >= 4 is 69.1 Å². The van der Waals surface area contributed by atoms with Crippen LogP contribution in [0.3, 0.4) is 0 Å². The number of anilines is 1. The Labute approximate surface area is 387 Å². The number of ether oxygens (including phenoxy) is 1. The third-order valence-electron chi connectivity index (χ3n) is 10.3. The summed E-state index contributed by atoms with van der Waals surface area (Å²) in [5, 5.41) is 36.7. The molecule has 3 heterocycles. The maximum atomic E-state index is 12.7. The second-order valence-electron chi connectivity index (χ2n) is 16.5. The summed E-state index contributed by atoms with van der Waals surface area (Å²) in [7, 11) is -16.4. The highest BCUT2D eigenvalue weighted by molar-refractivity contribution is 8.13. The quantitative estimate of drug-likeness (QED) is 0.0362. The topological polar surface area (TPSA) is 384 Å². The largest absolute Gasteiger partial charge is 0.481 e. The van der Waals surface area contributed by atoms with Crippen LogP contribution in [0.1, 0.15) is 117 Å². The zero-order valence-electron chi connectivity index (χ0n) is 37.3. The number of fused-ring (bicyclic) bond motifs is 1. The maximum Gasteiger partial charge on any atom is 0.481 e. The lowest BCUT2D eigenvalue weighted by atomic mass is 9.87. The fourth-order valence-electron chi connectivity index (χ4n) is 6.67. The van der Waals surface area contributed by atoms with Crippen LogP contribution in [0.25, 0.3) is 11.2 Å². The Morgan fingerprint density at radius 3 is 2.20 bits per heavy atom. The van der Waals surface area contributed by atoms with Crippen LogP contribution in [0.4, 0.5) is 5.82 Å². The number of phosphoric acid groups is 3. The first-order valence-electron chi connectivity index (χ1n) is 21.7. The van der Waals surface area contributed by atoms with E-state index < -0.39 is 84.6 Å². The van der Waals surface area contributed by atoms with E-state index in [4.69, 9.17) is 19.5 Å². The number of aliphatic hydroxyl groups excluding tert-OH is 3. The van der Waals surface area contributed by atoms with Crippen molar-refractivity contribution in [1.29, 1.82) is 0 Å². The Morgan fingerprint density at radius 2 is 1.53 bits per heavy atom. The number of hydrogen-bond donors (Lipinski definition) is 10. The van der Waals surface area contributed by atoms with Gasteiger partial charge in [0.1, 0.15) is 36.3 Å². The van der Waals surface area contributed by atoms with Gasteiger partial charge in [0.05, 0.1) is 25.6 Å². The Bertz CT molecular complexity index is 2000. The molecule has 0 radical (unpaired) electrons. The van der Waals surface area contributed by atoms with Gasteiger partial charge in [0.2, 0.25) is 11.8 Å². The average molecular weight is 1020 g/mol. The van der Waals surface area contributed by atoms with Crippen molar-refractivity contribution in [3.63, 3.8) is 0 Å². The second-order valence-corrected chi connectivity index (χ2v) is 21.8. The summed E-state index contributed by atoms with van der Waals surface area (Å²) >= 11 is 1.11. The van der Waals surface area contributed by atoms with Crippen LogP contribution in [0.15, 0.2) is 12.7 Å². The number of rotatable bonds is 33. The second kappa shape index (κ2) is 27.6. The Kier molecular flexibility index (Phi) is 24.2. The number of phosphoric ester groups is 3. The van der Waals surface area contributed by atoms with Crippen molar-refractivity contribution in [2.24, 2.45) is 5.41 Å². The fourth-order valence-corrected chi connectivity index (χ4v) is 10.2. The summed E-state index contributed by atoms with van der Waals surface area (Å²) in [5.41, 5.74) is 4.27. The minimum absolute atomic E-state index is 0.0179. The number of nitrogen functional groups attached to an aromatic ring is 1. The number of nitrogens with two attached hydrogens (primary N) is 1. The van der Waals surface area contributed by atoms with E-state index in [1.54, 1.807) is 0 Å². The van der Waals surface area contributed by atoms with Gasteiger partial charge in [-0.05, 0) is 19.3 Å². The number of hydrogen-bond acceptors (Lipinski definition) is 19. The number of nitrogens with one attached hydrogen (secondary N) is 2. The van der Waals surface area contributed by atoms with E-state index in [0.717, 1.165) is 80.4 Å². The van der Waals surface area contributed by atoms with Gasteiger partial charge in [-0.1, -0.05) is 90.3 Å². The molecule has 1 fully saturated rings. The highest BCUT2D eigenvalue weighted by atomic mass is 32.2. The van der Waals surface area contributed by atoms with Crippen LogP contribution in [-0.2, 0) is 50.7 Å². The molecule has 66 heavy (non-hydrogen) atoms. The van der Waals surface area contributed by atoms with Crippen LogP contribution in [0.2, 0.25) is 0 Å². The number of nitrogens with zero attached hydrogens (tertiary/aromatic N) is 4. The lowest BCUT2D eigenvalue weighted by Gasteiger charge is -2.30. The molecular formula is C37H66N7O18P3S. The summed E-state index contributed by atoms with van der Waals surface area (Å²) in [6.07, 6.45) is 5.55. The molecule has 8 atom stereocenters. The summed E-state index contributed by atoms with van der Waals surface area (Å²) in [6, 6.07) is 0. The number of carbonyl (C=O) groups is 3. The third-order valence-corrected chi connectivity index (χ3v) is 14.4. The number of carbonyl (C=O) groups excluding carboxylic acids is 3. The van der Waals surface area contributed by atoms with Gasteiger partial charge < -0.3 is 56.0 Å². The highest BCUT2D eigenvalue weighted by Gasteiger charge is 2.50. The molecule has 1 saturated heterocycles. The molecule has 0 bridgehead atoms. The van der Waals surface area contributed by atoms with Gasteiger partial charge in [-0.2, -0.15) is 4.31 Å². The van der Waals surface area contributed by atoms with Gasteiger partial charge in [0.25, 0.3) is 0 Å². The van der Waals surface area contributed by atoms with E-state index in [1.165, 1.54) is 39.5 Å². The molecule has 2 aromatic rings. The molecule has 0 spiro atoms. The first-order chi connectivity index (χ1) is 30.9. The third kappa shape index (κ3) is 20.6. The van der Waals surface area contributed by atoms with Gasteiger partial charge in [0.15, 0.2) is 22.8 Å². The van der Waals surface area contributed by atoms with Gasteiger partial charge in [-0.3, -0.25) is 32.5 Å². The van der Waals surface area contributed by atoms with E-state index in [9.17, 15) is 63.0 Å². The number of aliphatic hydroxyl groups is 3. The number of unbranched alkanes of at least 4 members (excludes halogenated alkanes) is 8. The predicted molar refractivity (Wildman–Crippen MR) is 239 cm³/mol. The molecule has 2 aromatic heterocycles. The molecule has 8 unspecified atom stereocenters. The molecule has 11 N–H and O–H groups in total. The standard InChI is InChI=1S/C37H66N7O18P3S/c1-4-5-6-7-8-11-14-25(45)15-12-9-10-13-16-28(47)66-20-19-39-27(46)17-18-40-35(50)32(49)37(2,3)22-59-65(56,57)62-64(54,55)58-21-26-31(61-63(51,52)53)30(48)36(60-26)44-24-43-29-33(38)41-23-42-34(29)44/h23-26,30-32,36,45,48-49H,4-22H2,1-3H3,(H,39,46)(H,40,50)(H,54,55)(H,56,57)(H2,38,41,42)(H2,51,52,53). The molecule has 1 aliphatic rings. The molecule has 0 aromatic carbocycles. The van der Waals surface area contributed by atoms with E-state index in [2.05, 4.69) is 41.3 Å². The van der Waals surface area contributed by atoms with Crippen molar-refractivity contribution in [1.82, 2.24) is 30.2 Å². The van der Waals surface area contributed by atoms with Crippen molar-refractivity contribution in [3.8, 4) is 0 Å². The molecule has 0 saturated carbocycles. The van der Waals surface area contributed by atoms with E-state index in [-0.39, 0.29) is 47.7 Å². The summed E-state index contributed by atoms with van der Waals surface area (Å²) in [5.74, 6) is -1.09. The molecule has 29 heteroatoms. The molecule has 3 rings (SSSR count). The van der Waals surface area contributed by atoms with Crippen molar-refractivity contribution in [2.45, 2.75) is 147 Å². The van der Waals surface area contributed by atoms with Crippen LogP contribution in [0.5, 0.6) is 0 Å². The number of amides is 2. The number of thioether (sulfide) groups is 1. The monoisotopic (exact) mass is 1020 g/mol. The van der Waals surface area contributed by atoms with E-state index >= 15 is 0 Å². The van der Waals surface area contributed by atoms with E-state index in [0.29, 0.717) is 12.2 Å². The molecular weight excluding hydrogens is 955 g/mol. The van der Waals surface area contributed by atoms with Gasteiger partial charge in [0, 0.05) is 37.1 Å². The lowest BCUT2D eigenvalue weighted by Crippen LogP contribution is -2.46. The molecule has 378 valence electrons. The summed E-state index contributed by atoms with van der Waals surface area (Å²) in [6.45, 7) is 2.69. The molecule has 0 aliphatic carbocycles. The minimum atomic E-state index is -5.58. The van der Waals surface area contributed by atoms with Crippen LogP contribution < -0.4 is 16.4 Å². The zero-order valence-corrected chi connectivity index (χ0v) is 40.8. The lowest BCUT2D eigenvalue weighted by molar-refractivity contribution is -0.137. The van der Waals surface area contributed by atoms with Crippen molar-refractivity contribution in [3.05, 3.63) is 12.7 Å². The van der Waals surface area contributed by atoms with Gasteiger partial charge in [-0.25, -0.2) is 28.6 Å². The molecule has 25 nitrogen and oxygen atoms in total. The molecule has 2 amide bonds. The maximum absolute atomic E-state index is 12.7. The highest BCUT2D eigenvalue weighted by Crippen LogP contribution is 2.61. The number of imidazole rings is 1. The first-order valence-corrected chi connectivity index (χ1v) is 27.2. The van der Waals surface area contributed by atoms with Crippen molar-refractivity contribution in [2.75, 3.05) is 37.8 Å². The predicted octanol–water partition coefficient (Wildman–Crippen LogP) is 3.12. The first kappa shape index (κ1) is 57.8. The smallest absolute Gasteiger partial charge is 0.393 e. The summed E-state index contributed by atoms with van der Waals surface area (Å²) in [4.78, 5) is 88.3. The summed E-state index contributed by atoms with van der Waals surface area (Å²) < 4.78 is 62.4. The fraction of sp³-hybridized carbons (Fsp3) is 0.784. The Morgan fingerprint density at radius 1 is 0.894 bits per heavy atom. The van der Waals surface area contributed by atoms with Crippen LogP contribution >= 0.6 is 35.2 Å². The Balaban J connectivity index is 1.33. The Hall–Kier alpha value is -2.48. The van der Waals surface area contributed by atoms with Gasteiger partial charge in [-0.15, -0.1) is 0 Å². The normalized spacial score (nSPS) is 20.7. The van der Waals surface area contributed by atoms with Crippen LogP contribution in [-0.4, -0.2) is 134 Å². The van der Waals surface area contributed by atoms with Gasteiger partial charge >= 0.3 is 23.5 Å². The SMILES string of the molecule is CCCCCCCCC(O)CCCCCCC(=O)SCCNC(=O)CCNC(=O)C(O)C(C)(C)COP(=O)(O)OP(=O)(O)OCC1OC(n2cnc3c(N)ncnc32)C(O)C1OP(=O)(O)O. The van der Waals surface area contributed by atoms with E-state index in [1.807, 2.05) is 0 Å². The minimum Gasteiger partial charge on any atom is -0.393 e. The molecule has 1 aliphatic heterocycles. The zero-order chi connectivity index (χ0) is 49.1. The average Bonchev–Trinajstić information content (AvgIpc) is 3.80.